The number of rotatable bonds is 5. The van der Waals surface area contributed by atoms with E-state index in [1.807, 2.05) is 0 Å². The molecule has 0 saturated carbocycles. The number of fused-ring (bicyclic) bond motifs is 1. The highest BCUT2D eigenvalue weighted by Gasteiger charge is 2.34. The molecule has 1 aliphatic heterocycles. The molecule has 156 valence electrons. The highest BCUT2D eigenvalue weighted by Crippen LogP contribution is 2.31. The van der Waals surface area contributed by atoms with Crippen LogP contribution in [0.25, 0.3) is 11.5 Å². The fraction of sp³-hybridized carbons (Fsp3) is 0.222. The van der Waals surface area contributed by atoms with E-state index in [0.29, 0.717) is 5.69 Å². The molecule has 0 atom stereocenters. The minimum Gasteiger partial charge on any atom is -0.415 e. The fourth-order valence-corrected chi connectivity index (χ4v) is 2.98. The van der Waals surface area contributed by atoms with E-state index in [0.717, 1.165) is 6.07 Å². The standard InChI is InChI=1S/C18H11F5N4O3/c19-14(20)16-26-25-15(29-16)10-5-11-12(24-6-10)8-27(17(11)28)7-9-3-1-2-4-13(9)30-18(21,22)23/h1-6,14H,7-8H2. The van der Waals surface area contributed by atoms with Crippen LogP contribution in [-0.4, -0.2) is 32.4 Å². The predicted molar refractivity (Wildman–Crippen MR) is 89.2 cm³/mol. The Kier molecular flexibility index (Phi) is 4.84. The Morgan fingerprint density at radius 1 is 1.20 bits per heavy atom. The molecule has 7 nitrogen and oxygen atoms in total. The first-order chi connectivity index (χ1) is 14.2. The lowest BCUT2D eigenvalue weighted by Crippen LogP contribution is -2.25. The lowest BCUT2D eigenvalue weighted by molar-refractivity contribution is -0.275. The van der Waals surface area contributed by atoms with Crippen LogP contribution in [-0.2, 0) is 13.1 Å². The van der Waals surface area contributed by atoms with Gasteiger partial charge in [0, 0.05) is 11.8 Å². The lowest BCUT2D eigenvalue weighted by atomic mass is 10.1. The maximum absolute atomic E-state index is 12.7. The number of alkyl halides is 5. The van der Waals surface area contributed by atoms with Gasteiger partial charge in [0.05, 0.1) is 29.9 Å². The Bertz CT molecular complexity index is 1100. The fourth-order valence-electron chi connectivity index (χ4n) is 2.98. The van der Waals surface area contributed by atoms with Gasteiger partial charge in [-0.05, 0) is 12.1 Å². The normalized spacial score (nSPS) is 13.8. The molecule has 1 aliphatic rings. The van der Waals surface area contributed by atoms with Crippen molar-refractivity contribution in [1.82, 2.24) is 20.1 Å². The summed E-state index contributed by atoms with van der Waals surface area (Å²) in [6.07, 6.45) is -6.52. The molecule has 0 radical (unpaired) electrons. The van der Waals surface area contributed by atoms with E-state index in [2.05, 4.69) is 19.9 Å². The predicted octanol–water partition coefficient (Wildman–Crippen LogP) is 4.12. The van der Waals surface area contributed by atoms with Crippen molar-refractivity contribution in [2.45, 2.75) is 25.9 Å². The highest BCUT2D eigenvalue weighted by molar-refractivity contribution is 5.98. The molecule has 3 heterocycles. The molecule has 0 fully saturated rings. The molecular weight excluding hydrogens is 415 g/mol. The number of para-hydroxylation sites is 1. The Hall–Kier alpha value is -3.57. The lowest BCUT2D eigenvalue weighted by Gasteiger charge is -2.18. The van der Waals surface area contributed by atoms with Crippen LogP contribution >= 0.6 is 0 Å². The number of nitrogens with zero attached hydrogens (tertiary/aromatic N) is 4. The summed E-state index contributed by atoms with van der Waals surface area (Å²) in [4.78, 5) is 18.1. The number of pyridine rings is 1. The summed E-state index contributed by atoms with van der Waals surface area (Å²) in [6, 6.07) is 6.85. The molecule has 3 aromatic rings. The van der Waals surface area contributed by atoms with Crippen molar-refractivity contribution >= 4 is 5.91 Å². The molecule has 0 saturated heterocycles. The number of ether oxygens (including phenoxy) is 1. The van der Waals surface area contributed by atoms with Crippen LogP contribution in [0.15, 0.2) is 40.9 Å². The molecule has 30 heavy (non-hydrogen) atoms. The van der Waals surface area contributed by atoms with Crippen molar-refractivity contribution in [2.24, 2.45) is 0 Å². The van der Waals surface area contributed by atoms with Gasteiger partial charge in [-0.2, -0.15) is 8.78 Å². The third-order valence-electron chi connectivity index (χ3n) is 4.26. The molecule has 0 bridgehead atoms. The van der Waals surface area contributed by atoms with Gasteiger partial charge in [0.15, 0.2) is 0 Å². The van der Waals surface area contributed by atoms with Crippen LogP contribution in [0, 0.1) is 0 Å². The van der Waals surface area contributed by atoms with Crippen molar-refractivity contribution in [1.29, 1.82) is 0 Å². The Labute approximate surface area is 165 Å². The Morgan fingerprint density at radius 2 is 1.97 bits per heavy atom. The maximum atomic E-state index is 12.7. The number of carbonyl (C=O) groups is 1. The minimum absolute atomic E-state index is 0.0565. The summed E-state index contributed by atoms with van der Waals surface area (Å²) in [7, 11) is 0. The van der Waals surface area contributed by atoms with E-state index >= 15 is 0 Å². The first kappa shape index (κ1) is 19.7. The average molecular weight is 426 g/mol. The van der Waals surface area contributed by atoms with Crippen molar-refractivity contribution < 1.29 is 35.9 Å². The van der Waals surface area contributed by atoms with Crippen molar-refractivity contribution in [3.8, 4) is 17.2 Å². The average Bonchev–Trinajstić information content (AvgIpc) is 3.28. The van der Waals surface area contributed by atoms with Crippen LogP contribution in [0.4, 0.5) is 22.0 Å². The largest absolute Gasteiger partial charge is 0.573 e. The van der Waals surface area contributed by atoms with Gasteiger partial charge in [-0.15, -0.1) is 23.4 Å². The Morgan fingerprint density at radius 3 is 2.67 bits per heavy atom. The number of hydrogen-bond acceptors (Lipinski definition) is 6. The number of hydrogen-bond donors (Lipinski definition) is 0. The quantitative estimate of drug-likeness (QED) is 0.571. The monoisotopic (exact) mass is 426 g/mol. The van der Waals surface area contributed by atoms with Gasteiger partial charge < -0.3 is 14.1 Å². The second-order valence-corrected chi connectivity index (χ2v) is 6.28. The van der Waals surface area contributed by atoms with Crippen LogP contribution < -0.4 is 4.74 Å². The van der Waals surface area contributed by atoms with Crippen LogP contribution in [0.5, 0.6) is 5.75 Å². The summed E-state index contributed by atoms with van der Waals surface area (Å²) in [5.74, 6) is -1.99. The third kappa shape index (κ3) is 3.93. The van der Waals surface area contributed by atoms with Gasteiger partial charge in [0.25, 0.3) is 11.8 Å². The van der Waals surface area contributed by atoms with E-state index in [1.54, 1.807) is 0 Å². The van der Waals surface area contributed by atoms with E-state index in [1.165, 1.54) is 35.4 Å². The van der Waals surface area contributed by atoms with E-state index in [-0.39, 0.29) is 35.7 Å². The van der Waals surface area contributed by atoms with Gasteiger partial charge >= 0.3 is 12.8 Å². The van der Waals surface area contributed by atoms with Gasteiger partial charge in [-0.3, -0.25) is 9.78 Å². The molecule has 1 amide bonds. The zero-order chi connectivity index (χ0) is 21.5. The zero-order valence-electron chi connectivity index (χ0n) is 14.9. The SMILES string of the molecule is O=C1c2cc(-c3nnc(C(F)F)o3)cnc2CN1Cc1ccccc1OC(F)(F)F. The maximum Gasteiger partial charge on any atom is 0.573 e. The number of amides is 1. The van der Waals surface area contributed by atoms with Crippen LogP contribution in [0.3, 0.4) is 0 Å². The summed E-state index contributed by atoms with van der Waals surface area (Å²) in [5, 5.41) is 6.72. The minimum atomic E-state index is -4.87. The molecule has 0 unspecified atom stereocenters. The van der Waals surface area contributed by atoms with Crippen LogP contribution in [0.1, 0.15) is 33.9 Å². The summed E-state index contributed by atoms with van der Waals surface area (Å²) in [6.45, 7) is -0.0895. The molecular formula is C18H11F5N4O3. The highest BCUT2D eigenvalue weighted by atomic mass is 19.4. The summed E-state index contributed by atoms with van der Waals surface area (Å²) < 4.78 is 71.9. The molecule has 12 heteroatoms. The van der Waals surface area contributed by atoms with Crippen molar-refractivity contribution in [2.75, 3.05) is 0 Å². The third-order valence-corrected chi connectivity index (χ3v) is 4.26. The molecule has 0 aliphatic carbocycles. The Balaban J connectivity index is 1.56. The number of aromatic nitrogens is 3. The van der Waals surface area contributed by atoms with Gasteiger partial charge in [-0.25, -0.2) is 0 Å². The second-order valence-electron chi connectivity index (χ2n) is 6.28. The van der Waals surface area contributed by atoms with E-state index in [4.69, 9.17) is 4.42 Å². The molecule has 0 spiro atoms. The number of benzene rings is 1. The van der Waals surface area contributed by atoms with Crippen molar-refractivity contribution in [3.05, 3.63) is 59.2 Å². The van der Waals surface area contributed by atoms with E-state index < -0.39 is 30.3 Å². The molecule has 2 aromatic heterocycles. The van der Waals surface area contributed by atoms with Gasteiger partial charge in [0.2, 0.25) is 5.89 Å². The number of carbonyl (C=O) groups excluding carboxylic acids is 1. The van der Waals surface area contributed by atoms with Gasteiger partial charge in [-0.1, -0.05) is 18.2 Å². The first-order valence-electron chi connectivity index (χ1n) is 8.45. The first-order valence-corrected chi connectivity index (χ1v) is 8.45. The molecule has 4 rings (SSSR count). The molecule has 1 aromatic carbocycles. The van der Waals surface area contributed by atoms with E-state index in [9.17, 15) is 26.7 Å². The zero-order valence-corrected chi connectivity index (χ0v) is 14.9. The number of halogens is 5. The molecule has 0 N–H and O–H groups in total. The van der Waals surface area contributed by atoms with Crippen molar-refractivity contribution in [3.63, 3.8) is 0 Å². The summed E-state index contributed by atoms with van der Waals surface area (Å²) in [5.41, 5.74) is 0.879. The van der Waals surface area contributed by atoms with Gasteiger partial charge in [0.1, 0.15) is 5.75 Å². The van der Waals surface area contributed by atoms with Crippen LogP contribution in [0.2, 0.25) is 0 Å². The topological polar surface area (TPSA) is 81.3 Å². The summed E-state index contributed by atoms with van der Waals surface area (Å²) >= 11 is 0. The smallest absolute Gasteiger partial charge is 0.415 e. The second kappa shape index (κ2) is 7.35.